The van der Waals surface area contributed by atoms with Gasteiger partial charge in [-0.3, -0.25) is 9.59 Å². The third kappa shape index (κ3) is 54.8. The number of nitrogens with zero attached hydrogens (tertiary/aromatic N) is 1. The molecule has 72 heavy (non-hydrogen) atoms. The molecule has 2 unspecified atom stereocenters. The smallest absolute Gasteiger partial charge is 0.361 e. The van der Waals surface area contributed by atoms with Gasteiger partial charge in [0.25, 0.3) is 6.29 Å². The van der Waals surface area contributed by atoms with Gasteiger partial charge in [-0.1, -0.05) is 254 Å². The van der Waals surface area contributed by atoms with E-state index in [-0.39, 0.29) is 32.2 Å². The van der Waals surface area contributed by atoms with Crippen LogP contribution in [0.3, 0.4) is 0 Å². The highest BCUT2D eigenvalue weighted by Gasteiger charge is 2.25. The van der Waals surface area contributed by atoms with Crippen LogP contribution in [-0.4, -0.2) is 87.4 Å². The Labute approximate surface area is 444 Å². The van der Waals surface area contributed by atoms with Crippen molar-refractivity contribution in [3.63, 3.8) is 0 Å². The molecule has 0 aliphatic rings. The summed E-state index contributed by atoms with van der Waals surface area (Å²) in [6.07, 6.45) is 65.9. The quantitative estimate of drug-likeness (QED) is 0.0211. The zero-order valence-corrected chi connectivity index (χ0v) is 47.6. The minimum Gasteiger partial charge on any atom is -0.477 e. The number of likely N-dealkylation sites (N-methyl/N-ethyl adjacent to an activating group) is 1. The molecule has 0 fully saturated rings. The average molecular weight is 1010 g/mol. The number of esters is 2. The summed E-state index contributed by atoms with van der Waals surface area (Å²) in [6, 6.07) is 0. The fourth-order valence-corrected chi connectivity index (χ4v) is 8.45. The Bertz CT molecular complexity index is 1360. The van der Waals surface area contributed by atoms with Crippen molar-refractivity contribution in [1.82, 2.24) is 0 Å². The van der Waals surface area contributed by atoms with Crippen molar-refractivity contribution in [2.75, 3.05) is 47.5 Å². The van der Waals surface area contributed by atoms with Crippen molar-refractivity contribution >= 4 is 17.9 Å². The number of aliphatic carboxylic acids is 1. The number of hydrogen-bond acceptors (Lipinski definition) is 7. The van der Waals surface area contributed by atoms with Crippen LogP contribution in [0.25, 0.3) is 0 Å². The summed E-state index contributed by atoms with van der Waals surface area (Å²) >= 11 is 0. The molecule has 0 aromatic carbocycles. The molecule has 0 heterocycles. The Morgan fingerprint density at radius 1 is 0.431 bits per heavy atom. The van der Waals surface area contributed by atoms with Crippen molar-refractivity contribution in [2.45, 2.75) is 277 Å². The summed E-state index contributed by atoms with van der Waals surface area (Å²) in [5.74, 6) is -2.02. The minimum absolute atomic E-state index is 0.182. The number of carboxylic acid groups (broad SMARTS) is 1. The van der Waals surface area contributed by atoms with Crippen LogP contribution >= 0.6 is 0 Å². The second-order valence-electron chi connectivity index (χ2n) is 21.3. The zero-order chi connectivity index (χ0) is 52.7. The summed E-state index contributed by atoms with van der Waals surface area (Å²) in [5, 5.41) is 9.71. The molecule has 0 aromatic rings. The first kappa shape index (κ1) is 69.0. The van der Waals surface area contributed by atoms with E-state index in [0.717, 1.165) is 83.5 Å². The van der Waals surface area contributed by atoms with E-state index in [0.29, 0.717) is 23.9 Å². The van der Waals surface area contributed by atoms with Gasteiger partial charge in [-0.25, -0.2) is 4.79 Å². The summed E-state index contributed by atoms with van der Waals surface area (Å²) in [7, 11) is 5.96. The summed E-state index contributed by atoms with van der Waals surface area (Å²) in [4.78, 5) is 37.4. The van der Waals surface area contributed by atoms with Crippen LogP contribution in [0.15, 0.2) is 60.8 Å². The van der Waals surface area contributed by atoms with Crippen LogP contribution in [0.2, 0.25) is 0 Å². The minimum atomic E-state index is -1.52. The fourth-order valence-electron chi connectivity index (χ4n) is 8.45. The largest absolute Gasteiger partial charge is 0.477 e. The molecule has 9 nitrogen and oxygen atoms in total. The van der Waals surface area contributed by atoms with E-state index in [1.807, 2.05) is 21.1 Å². The molecule has 1 N–H and O–H groups in total. The van der Waals surface area contributed by atoms with E-state index in [2.05, 4.69) is 74.6 Å². The molecule has 0 aromatic heterocycles. The lowest BCUT2D eigenvalue weighted by molar-refractivity contribution is -0.870. The van der Waals surface area contributed by atoms with Gasteiger partial charge < -0.3 is 28.5 Å². The first-order chi connectivity index (χ1) is 35.1. The zero-order valence-electron chi connectivity index (χ0n) is 47.6. The van der Waals surface area contributed by atoms with Gasteiger partial charge in [-0.05, 0) is 57.8 Å². The standard InChI is InChI=1S/C63H113NO8/c1-6-8-10-12-14-16-18-20-22-24-26-28-29-30-31-32-34-35-37-39-41-43-45-47-49-51-53-60(65)70-57-59(58-71-63(62(67)68)69-56-55-64(3,4)5)72-61(66)54-52-50-48-46-44-42-40-38-36-33-27-25-23-21-19-17-15-13-11-9-7-2/h9,11,15,17,21,23,27,33,38,40,59,63H,6-8,10,12-14,16,18-20,22,24-26,28-32,34-37,39,41-58H2,1-5H3/p+1/b11-9-,17-15-,23-21-,33-27-,40-38-. The summed E-state index contributed by atoms with van der Waals surface area (Å²) in [6.45, 7) is 4.77. The molecule has 418 valence electrons. The van der Waals surface area contributed by atoms with E-state index < -0.39 is 24.3 Å². The maximum absolute atomic E-state index is 12.9. The lowest BCUT2D eigenvalue weighted by atomic mass is 10.0. The molecular weight excluding hydrogens is 899 g/mol. The van der Waals surface area contributed by atoms with Gasteiger partial charge in [0.05, 0.1) is 34.4 Å². The number of quaternary nitrogens is 1. The van der Waals surface area contributed by atoms with Gasteiger partial charge in [0.15, 0.2) is 6.10 Å². The lowest BCUT2D eigenvalue weighted by Crippen LogP contribution is -2.40. The van der Waals surface area contributed by atoms with Gasteiger partial charge in [-0.2, -0.15) is 0 Å². The van der Waals surface area contributed by atoms with Crippen molar-refractivity contribution in [1.29, 1.82) is 0 Å². The fraction of sp³-hybridized carbons (Fsp3) is 0.794. The molecule has 0 aliphatic carbocycles. The van der Waals surface area contributed by atoms with E-state index in [1.165, 1.54) is 148 Å². The monoisotopic (exact) mass is 1010 g/mol. The molecule has 0 aliphatic heterocycles. The Balaban J connectivity index is 4.22. The summed E-state index contributed by atoms with van der Waals surface area (Å²) in [5.41, 5.74) is 0. The second kappa shape index (κ2) is 54.3. The Morgan fingerprint density at radius 3 is 1.18 bits per heavy atom. The number of carbonyl (C=O) groups is 3. The molecule has 0 radical (unpaired) electrons. The van der Waals surface area contributed by atoms with Crippen molar-refractivity contribution in [3.8, 4) is 0 Å². The Kier molecular flexibility index (Phi) is 52.0. The highest BCUT2D eigenvalue weighted by Crippen LogP contribution is 2.17. The molecule has 0 amide bonds. The summed E-state index contributed by atoms with van der Waals surface area (Å²) < 4.78 is 22.9. The van der Waals surface area contributed by atoms with Gasteiger partial charge in [0.1, 0.15) is 13.2 Å². The molecule has 0 spiro atoms. The third-order valence-electron chi connectivity index (χ3n) is 13.0. The topological polar surface area (TPSA) is 108 Å². The van der Waals surface area contributed by atoms with E-state index in [9.17, 15) is 19.5 Å². The second-order valence-corrected chi connectivity index (χ2v) is 21.3. The highest BCUT2D eigenvalue weighted by molar-refractivity contribution is 5.71. The predicted octanol–water partition coefficient (Wildman–Crippen LogP) is 17.6. The van der Waals surface area contributed by atoms with Crippen molar-refractivity contribution in [3.05, 3.63) is 60.8 Å². The van der Waals surface area contributed by atoms with Crippen molar-refractivity contribution in [2.24, 2.45) is 0 Å². The van der Waals surface area contributed by atoms with Gasteiger partial charge in [-0.15, -0.1) is 0 Å². The van der Waals surface area contributed by atoms with Crippen LogP contribution in [0.1, 0.15) is 264 Å². The number of hydrogen-bond donors (Lipinski definition) is 1. The maximum Gasteiger partial charge on any atom is 0.361 e. The maximum atomic E-state index is 12.9. The van der Waals surface area contributed by atoms with Crippen LogP contribution in [0.5, 0.6) is 0 Å². The molecular formula is C63H114NO8+. The van der Waals surface area contributed by atoms with Crippen LogP contribution in [0, 0.1) is 0 Å². The first-order valence-electron chi connectivity index (χ1n) is 30.0. The number of carboxylic acids is 1. The molecule has 2 atom stereocenters. The SMILES string of the molecule is CC/C=C\C/C=C\C/C=C\C/C=C\C/C=C\CCCCCCCC(=O)OC(COC(=O)CCCCCCCCCCCCCCCCCCCCCCCCCCCC)COC(OCC[N+](C)(C)C)C(=O)O. The van der Waals surface area contributed by atoms with E-state index in [1.54, 1.807) is 0 Å². The van der Waals surface area contributed by atoms with Crippen molar-refractivity contribution < 1.29 is 42.9 Å². The number of ether oxygens (including phenoxy) is 4. The Morgan fingerprint density at radius 2 is 0.792 bits per heavy atom. The highest BCUT2D eigenvalue weighted by atomic mass is 16.7. The predicted molar refractivity (Wildman–Crippen MR) is 304 cm³/mol. The van der Waals surface area contributed by atoms with Gasteiger partial charge in [0, 0.05) is 12.8 Å². The first-order valence-corrected chi connectivity index (χ1v) is 30.0. The lowest BCUT2D eigenvalue weighted by Gasteiger charge is -2.25. The Hall–Kier alpha value is -3.01. The van der Waals surface area contributed by atoms with Crippen LogP contribution in [0.4, 0.5) is 0 Å². The van der Waals surface area contributed by atoms with Gasteiger partial charge >= 0.3 is 17.9 Å². The number of unbranched alkanes of at least 4 members (excludes halogenated alkanes) is 30. The molecule has 0 saturated heterocycles. The normalized spacial score (nSPS) is 13.2. The number of carbonyl (C=O) groups excluding carboxylic acids is 2. The number of allylic oxidation sites excluding steroid dienone is 10. The third-order valence-corrected chi connectivity index (χ3v) is 13.0. The molecule has 0 rings (SSSR count). The average Bonchev–Trinajstić information content (AvgIpc) is 3.35. The molecule has 9 heteroatoms. The van der Waals surface area contributed by atoms with E-state index in [4.69, 9.17) is 18.9 Å². The van der Waals surface area contributed by atoms with Crippen LogP contribution < -0.4 is 0 Å². The van der Waals surface area contributed by atoms with Crippen LogP contribution in [-0.2, 0) is 33.3 Å². The van der Waals surface area contributed by atoms with E-state index >= 15 is 0 Å². The number of rotatable bonds is 55. The van der Waals surface area contributed by atoms with Gasteiger partial charge in [0.2, 0.25) is 0 Å². The molecule has 0 saturated carbocycles. The molecule has 0 bridgehead atoms.